The van der Waals surface area contributed by atoms with Crippen molar-refractivity contribution in [1.82, 2.24) is 19.8 Å². The molecule has 3 fully saturated rings. The highest BCUT2D eigenvalue weighted by Gasteiger charge is 2.38. The second-order valence-electron chi connectivity index (χ2n) is 8.98. The van der Waals surface area contributed by atoms with E-state index in [2.05, 4.69) is 14.9 Å². The zero-order valence-corrected chi connectivity index (χ0v) is 17.9. The topological polar surface area (TPSA) is 58.6 Å². The lowest BCUT2D eigenvalue weighted by Gasteiger charge is -2.25. The molecule has 0 N–H and O–H groups in total. The zero-order valence-electron chi connectivity index (χ0n) is 17.9. The molecule has 1 amide bonds. The van der Waals surface area contributed by atoms with Crippen molar-refractivity contribution in [3.8, 4) is 5.88 Å². The minimum Gasteiger partial charge on any atom is -0.472 e. The van der Waals surface area contributed by atoms with Gasteiger partial charge in [0.1, 0.15) is 11.9 Å². The molecule has 0 unspecified atom stereocenters. The fourth-order valence-corrected chi connectivity index (χ4v) is 4.66. The molecule has 0 radical (unpaired) electrons. The number of ether oxygens (including phenoxy) is 1. The van der Waals surface area contributed by atoms with Crippen LogP contribution < -0.4 is 4.74 Å². The molecule has 3 heterocycles. The predicted molar refractivity (Wildman–Crippen MR) is 110 cm³/mol. The molecule has 5 rings (SSSR count). The minimum atomic E-state index is -4.66. The van der Waals surface area contributed by atoms with Crippen LogP contribution in [-0.2, 0) is 6.18 Å². The van der Waals surface area contributed by atoms with Gasteiger partial charge in [-0.05, 0) is 37.5 Å². The van der Waals surface area contributed by atoms with Crippen LogP contribution in [-0.4, -0.2) is 64.0 Å². The van der Waals surface area contributed by atoms with E-state index in [0.717, 1.165) is 37.2 Å². The molecule has 2 aromatic rings. The van der Waals surface area contributed by atoms with Gasteiger partial charge in [0.2, 0.25) is 5.88 Å². The summed E-state index contributed by atoms with van der Waals surface area (Å²) in [7, 11) is 0. The largest absolute Gasteiger partial charge is 0.472 e. The van der Waals surface area contributed by atoms with E-state index in [-0.39, 0.29) is 17.7 Å². The molecule has 1 aromatic carbocycles. The van der Waals surface area contributed by atoms with Gasteiger partial charge in [0.15, 0.2) is 0 Å². The number of hydrogen-bond donors (Lipinski definition) is 0. The van der Waals surface area contributed by atoms with Gasteiger partial charge in [-0.2, -0.15) is 13.2 Å². The van der Waals surface area contributed by atoms with Crippen molar-refractivity contribution in [2.45, 2.75) is 49.9 Å². The number of fused-ring (bicyclic) bond motifs is 1. The standard InChI is InChI=1S/C23H24F4N4O2/c24-19-8-15(23(25,26)27)4-5-18(19)22(32)31-7-1-6-30-13-17(9-16(30)12-31)33-21-11-28-20(10-29-21)14-2-3-14/h4-5,8,10-11,14,16-17H,1-3,6-7,9,12-13H2/t16-,17-/m0/s1. The van der Waals surface area contributed by atoms with Crippen molar-refractivity contribution in [3.05, 3.63) is 53.2 Å². The second-order valence-corrected chi connectivity index (χ2v) is 8.98. The fraction of sp³-hybridized carbons (Fsp3) is 0.522. The third kappa shape index (κ3) is 4.80. The summed E-state index contributed by atoms with van der Waals surface area (Å²) in [5.74, 6) is -0.749. The number of alkyl halides is 3. The normalized spacial score (nSPS) is 23.8. The van der Waals surface area contributed by atoms with Crippen LogP contribution >= 0.6 is 0 Å². The molecule has 176 valence electrons. The fourth-order valence-electron chi connectivity index (χ4n) is 4.66. The van der Waals surface area contributed by atoms with Crippen LogP contribution in [0.4, 0.5) is 17.6 Å². The Morgan fingerprint density at radius 1 is 1.09 bits per heavy atom. The number of benzene rings is 1. The molecule has 10 heteroatoms. The number of carbonyl (C=O) groups excluding carboxylic acids is 1. The summed E-state index contributed by atoms with van der Waals surface area (Å²) in [6, 6.07) is 2.08. The number of hydrogen-bond acceptors (Lipinski definition) is 5. The van der Waals surface area contributed by atoms with Gasteiger partial charge < -0.3 is 9.64 Å². The smallest absolute Gasteiger partial charge is 0.416 e. The number of rotatable bonds is 4. The number of nitrogens with zero attached hydrogens (tertiary/aromatic N) is 4. The average Bonchev–Trinajstić information content (AvgIpc) is 3.58. The quantitative estimate of drug-likeness (QED) is 0.643. The van der Waals surface area contributed by atoms with E-state index in [1.807, 2.05) is 0 Å². The lowest BCUT2D eigenvalue weighted by atomic mass is 10.1. The first kappa shape index (κ1) is 22.1. The first-order chi connectivity index (χ1) is 15.8. The first-order valence-corrected chi connectivity index (χ1v) is 11.2. The van der Waals surface area contributed by atoms with Crippen molar-refractivity contribution in [2.24, 2.45) is 0 Å². The Balaban J connectivity index is 1.23. The van der Waals surface area contributed by atoms with Gasteiger partial charge in [-0.15, -0.1) is 0 Å². The number of halogens is 4. The van der Waals surface area contributed by atoms with Crippen molar-refractivity contribution >= 4 is 5.91 Å². The lowest BCUT2D eigenvalue weighted by Crippen LogP contribution is -2.40. The minimum absolute atomic E-state index is 0.0256. The van der Waals surface area contributed by atoms with E-state index in [1.165, 1.54) is 4.90 Å². The van der Waals surface area contributed by atoms with Gasteiger partial charge in [0, 0.05) is 44.6 Å². The highest BCUT2D eigenvalue weighted by Crippen LogP contribution is 2.38. The zero-order chi connectivity index (χ0) is 23.2. The van der Waals surface area contributed by atoms with Crippen molar-refractivity contribution in [2.75, 3.05) is 26.2 Å². The Hall–Kier alpha value is -2.75. The van der Waals surface area contributed by atoms with Crippen molar-refractivity contribution < 1.29 is 27.1 Å². The molecule has 1 saturated carbocycles. The predicted octanol–water partition coefficient (Wildman–Crippen LogP) is 3.88. The van der Waals surface area contributed by atoms with Crippen molar-refractivity contribution in [3.63, 3.8) is 0 Å². The molecule has 0 bridgehead atoms. The summed E-state index contributed by atoms with van der Waals surface area (Å²) >= 11 is 0. The van der Waals surface area contributed by atoms with Crippen LogP contribution in [0.15, 0.2) is 30.6 Å². The van der Waals surface area contributed by atoms with Gasteiger partial charge in [-0.25, -0.2) is 9.37 Å². The SMILES string of the molecule is O=C(c1ccc(C(F)(F)F)cc1F)N1CCCN2C[C@@H](Oc3cnc(C4CC4)cn3)C[C@H]2C1. The Morgan fingerprint density at radius 3 is 2.58 bits per heavy atom. The van der Waals surface area contributed by atoms with Crippen molar-refractivity contribution in [1.29, 1.82) is 0 Å². The Labute approximate surface area is 188 Å². The maximum atomic E-state index is 14.4. The third-order valence-electron chi connectivity index (χ3n) is 6.54. The third-order valence-corrected chi connectivity index (χ3v) is 6.54. The number of aromatic nitrogens is 2. The van der Waals surface area contributed by atoms with Gasteiger partial charge in [-0.1, -0.05) is 0 Å². The molecule has 3 aliphatic rings. The Kier molecular flexibility index (Phi) is 5.72. The summed E-state index contributed by atoms with van der Waals surface area (Å²) in [4.78, 5) is 25.5. The molecular weight excluding hydrogens is 440 g/mol. The van der Waals surface area contributed by atoms with E-state index >= 15 is 0 Å². The van der Waals surface area contributed by atoms with Gasteiger partial charge in [0.25, 0.3) is 5.91 Å². The van der Waals surface area contributed by atoms with Crippen LogP contribution in [0, 0.1) is 5.82 Å². The maximum Gasteiger partial charge on any atom is 0.416 e. The summed E-state index contributed by atoms with van der Waals surface area (Å²) in [5, 5.41) is 0. The van der Waals surface area contributed by atoms with Crippen LogP contribution in [0.3, 0.4) is 0 Å². The van der Waals surface area contributed by atoms with E-state index in [0.29, 0.717) is 50.3 Å². The van der Waals surface area contributed by atoms with Gasteiger partial charge in [-0.3, -0.25) is 14.7 Å². The van der Waals surface area contributed by atoms with Crippen LogP contribution in [0.2, 0.25) is 0 Å². The number of amides is 1. The molecular formula is C23H24F4N4O2. The van der Waals surface area contributed by atoms with Crippen LogP contribution in [0.5, 0.6) is 5.88 Å². The first-order valence-electron chi connectivity index (χ1n) is 11.2. The van der Waals surface area contributed by atoms with E-state index in [9.17, 15) is 22.4 Å². The molecule has 1 aromatic heterocycles. The van der Waals surface area contributed by atoms with Crippen LogP contribution in [0.1, 0.15) is 53.2 Å². The highest BCUT2D eigenvalue weighted by atomic mass is 19.4. The molecule has 2 aliphatic heterocycles. The van der Waals surface area contributed by atoms with E-state index in [4.69, 9.17) is 4.74 Å². The molecule has 2 saturated heterocycles. The molecule has 2 atom stereocenters. The molecule has 1 aliphatic carbocycles. The summed E-state index contributed by atoms with van der Waals surface area (Å²) in [6.07, 6.45) is 2.32. The van der Waals surface area contributed by atoms with E-state index < -0.39 is 23.5 Å². The average molecular weight is 464 g/mol. The molecule has 6 nitrogen and oxygen atoms in total. The maximum absolute atomic E-state index is 14.4. The van der Waals surface area contributed by atoms with Gasteiger partial charge in [0.05, 0.1) is 29.2 Å². The Morgan fingerprint density at radius 2 is 1.91 bits per heavy atom. The number of carbonyl (C=O) groups is 1. The summed E-state index contributed by atoms with van der Waals surface area (Å²) < 4.78 is 58.8. The molecule has 33 heavy (non-hydrogen) atoms. The lowest BCUT2D eigenvalue weighted by molar-refractivity contribution is -0.137. The molecule has 0 spiro atoms. The summed E-state index contributed by atoms with van der Waals surface area (Å²) in [6.45, 7) is 2.24. The Bertz CT molecular complexity index is 1030. The second kappa shape index (κ2) is 8.55. The van der Waals surface area contributed by atoms with Gasteiger partial charge >= 0.3 is 6.18 Å². The van der Waals surface area contributed by atoms with E-state index in [1.54, 1.807) is 12.4 Å². The van der Waals surface area contributed by atoms with Crippen LogP contribution in [0.25, 0.3) is 0 Å². The summed E-state index contributed by atoms with van der Waals surface area (Å²) in [5.41, 5.74) is -0.455. The monoisotopic (exact) mass is 464 g/mol. The highest BCUT2D eigenvalue weighted by molar-refractivity contribution is 5.94.